The van der Waals surface area contributed by atoms with Crippen LogP contribution in [-0.2, 0) is 4.79 Å². The van der Waals surface area contributed by atoms with Gasteiger partial charge in [0.15, 0.2) is 0 Å². The molecule has 0 aromatic heterocycles. The first-order chi connectivity index (χ1) is 8.22. The van der Waals surface area contributed by atoms with Gasteiger partial charge in [0.05, 0.1) is 18.7 Å². The number of ether oxygens (including phenoxy) is 1. The largest absolute Gasteiger partial charge is 0.495 e. The summed E-state index contributed by atoms with van der Waals surface area (Å²) in [7, 11) is 1.59. The molecule has 1 saturated carbocycles. The molecular weight excluding hydrogens is 216 g/mol. The molecule has 1 aliphatic rings. The number of nitrogens with two attached hydrogens (primary N) is 1. The first kappa shape index (κ1) is 11.9. The number of hydrogen-bond acceptors (Lipinski definition) is 3. The zero-order chi connectivity index (χ0) is 12.3. The van der Waals surface area contributed by atoms with Crippen LogP contribution in [0.1, 0.15) is 19.3 Å². The molecule has 2 unspecified atom stereocenters. The molecule has 0 bridgehead atoms. The van der Waals surface area contributed by atoms with E-state index < -0.39 is 0 Å². The Balaban J connectivity index is 2.07. The van der Waals surface area contributed by atoms with Gasteiger partial charge < -0.3 is 15.8 Å². The van der Waals surface area contributed by atoms with Crippen molar-refractivity contribution in [3.63, 3.8) is 0 Å². The van der Waals surface area contributed by atoms with Crippen LogP contribution in [0.3, 0.4) is 0 Å². The molecule has 2 rings (SSSR count). The van der Waals surface area contributed by atoms with E-state index in [0.717, 1.165) is 19.3 Å². The van der Waals surface area contributed by atoms with E-state index in [4.69, 9.17) is 10.5 Å². The van der Waals surface area contributed by atoms with E-state index in [1.165, 1.54) is 0 Å². The van der Waals surface area contributed by atoms with Gasteiger partial charge >= 0.3 is 0 Å². The van der Waals surface area contributed by atoms with Crippen LogP contribution in [0, 0.1) is 5.92 Å². The molecule has 17 heavy (non-hydrogen) atoms. The lowest BCUT2D eigenvalue weighted by molar-refractivity contribution is -0.120. The van der Waals surface area contributed by atoms with Crippen LogP contribution in [0.15, 0.2) is 24.3 Å². The second-order valence-corrected chi connectivity index (χ2v) is 4.39. The number of nitrogens with one attached hydrogen (secondary N) is 1. The van der Waals surface area contributed by atoms with Crippen LogP contribution in [0.4, 0.5) is 5.69 Å². The van der Waals surface area contributed by atoms with Crippen molar-refractivity contribution < 1.29 is 9.53 Å². The number of para-hydroxylation sites is 2. The zero-order valence-electron chi connectivity index (χ0n) is 9.98. The molecule has 0 radical (unpaired) electrons. The fraction of sp³-hybridized carbons (Fsp3) is 0.462. The number of anilines is 1. The molecule has 0 aliphatic heterocycles. The molecule has 4 nitrogen and oxygen atoms in total. The van der Waals surface area contributed by atoms with Gasteiger partial charge in [-0.15, -0.1) is 0 Å². The van der Waals surface area contributed by atoms with E-state index in [-0.39, 0.29) is 17.9 Å². The van der Waals surface area contributed by atoms with Crippen molar-refractivity contribution in [1.82, 2.24) is 0 Å². The first-order valence-electron chi connectivity index (χ1n) is 5.92. The quantitative estimate of drug-likeness (QED) is 0.837. The van der Waals surface area contributed by atoms with Crippen LogP contribution in [0.2, 0.25) is 0 Å². The SMILES string of the molecule is COc1ccccc1NC(=O)C1CCCC1N. The van der Waals surface area contributed by atoms with Gasteiger partial charge in [-0.2, -0.15) is 0 Å². The lowest BCUT2D eigenvalue weighted by atomic mass is 10.0. The Bertz CT molecular complexity index is 406. The molecule has 1 aromatic rings. The zero-order valence-corrected chi connectivity index (χ0v) is 9.98. The van der Waals surface area contributed by atoms with Gasteiger partial charge in [-0.3, -0.25) is 4.79 Å². The normalized spacial score (nSPS) is 23.4. The van der Waals surface area contributed by atoms with Crippen molar-refractivity contribution in [1.29, 1.82) is 0 Å². The minimum atomic E-state index is -0.0695. The van der Waals surface area contributed by atoms with Gasteiger partial charge in [-0.05, 0) is 25.0 Å². The smallest absolute Gasteiger partial charge is 0.229 e. The highest BCUT2D eigenvalue weighted by Gasteiger charge is 2.30. The first-order valence-corrected chi connectivity index (χ1v) is 5.92. The second-order valence-electron chi connectivity index (χ2n) is 4.39. The summed E-state index contributed by atoms with van der Waals surface area (Å²) in [5, 5.41) is 2.89. The highest BCUT2D eigenvalue weighted by atomic mass is 16.5. The predicted molar refractivity (Wildman–Crippen MR) is 66.9 cm³/mol. The highest BCUT2D eigenvalue weighted by Crippen LogP contribution is 2.28. The van der Waals surface area contributed by atoms with Crippen molar-refractivity contribution in [3.05, 3.63) is 24.3 Å². The van der Waals surface area contributed by atoms with Crippen LogP contribution in [-0.4, -0.2) is 19.1 Å². The molecule has 1 fully saturated rings. The molecule has 92 valence electrons. The average molecular weight is 234 g/mol. The maximum absolute atomic E-state index is 12.0. The lowest BCUT2D eigenvalue weighted by Crippen LogP contribution is -2.34. The van der Waals surface area contributed by atoms with E-state index in [2.05, 4.69) is 5.32 Å². The number of rotatable bonds is 3. The van der Waals surface area contributed by atoms with E-state index in [0.29, 0.717) is 11.4 Å². The van der Waals surface area contributed by atoms with Crippen LogP contribution in [0.25, 0.3) is 0 Å². The number of methoxy groups -OCH3 is 1. The number of amides is 1. The summed E-state index contributed by atoms with van der Waals surface area (Å²) in [6, 6.07) is 7.38. The fourth-order valence-electron chi connectivity index (χ4n) is 2.29. The minimum absolute atomic E-state index is 0.000463. The van der Waals surface area contributed by atoms with Gasteiger partial charge in [0.25, 0.3) is 0 Å². The minimum Gasteiger partial charge on any atom is -0.495 e. The summed E-state index contributed by atoms with van der Waals surface area (Å²) in [5.74, 6) is 0.604. The Hall–Kier alpha value is -1.55. The van der Waals surface area contributed by atoms with Gasteiger partial charge in [-0.1, -0.05) is 18.6 Å². The van der Waals surface area contributed by atoms with E-state index in [1.807, 2.05) is 24.3 Å². The maximum atomic E-state index is 12.0. The lowest BCUT2D eigenvalue weighted by Gasteiger charge is -2.16. The third-order valence-electron chi connectivity index (χ3n) is 3.27. The average Bonchev–Trinajstić information content (AvgIpc) is 2.76. The number of hydrogen-bond donors (Lipinski definition) is 2. The Morgan fingerprint density at radius 2 is 2.18 bits per heavy atom. The summed E-state index contributed by atoms with van der Waals surface area (Å²) < 4.78 is 5.19. The molecule has 0 saturated heterocycles. The molecule has 0 heterocycles. The van der Waals surface area contributed by atoms with Crippen molar-refractivity contribution in [3.8, 4) is 5.75 Å². The summed E-state index contributed by atoms with van der Waals surface area (Å²) >= 11 is 0. The third-order valence-corrected chi connectivity index (χ3v) is 3.27. The molecule has 1 aromatic carbocycles. The topological polar surface area (TPSA) is 64.3 Å². The fourth-order valence-corrected chi connectivity index (χ4v) is 2.29. The highest BCUT2D eigenvalue weighted by molar-refractivity contribution is 5.94. The Morgan fingerprint density at radius 3 is 2.82 bits per heavy atom. The Labute approximate surface area is 101 Å². The van der Waals surface area contributed by atoms with Crippen molar-refractivity contribution in [2.24, 2.45) is 11.7 Å². The molecule has 1 amide bonds. The van der Waals surface area contributed by atoms with Gasteiger partial charge in [0.2, 0.25) is 5.91 Å². The Morgan fingerprint density at radius 1 is 1.41 bits per heavy atom. The molecule has 3 N–H and O–H groups in total. The predicted octanol–water partition coefficient (Wildman–Crippen LogP) is 1.76. The van der Waals surface area contributed by atoms with Gasteiger partial charge in [0, 0.05) is 6.04 Å². The van der Waals surface area contributed by atoms with Crippen molar-refractivity contribution in [2.45, 2.75) is 25.3 Å². The third kappa shape index (κ3) is 2.58. The molecule has 0 spiro atoms. The van der Waals surface area contributed by atoms with Crippen LogP contribution < -0.4 is 15.8 Å². The molecule has 1 aliphatic carbocycles. The second kappa shape index (κ2) is 5.19. The summed E-state index contributed by atoms with van der Waals surface area (Å²) in [4.78, 5) is 12.0. The van der Waals surface area contributed by atoms with Crippen molar-refractivity contribution in [2.75, 3.05) is 12.4 Å². The number of carbonyl (C=O) groups excluding carboxylic acids is 1. The van der Waals surface area contributed by atoms with Crippen LogP contribution >= 0.6 is 0 Å². The maximum Gasteiger partial charge on any atom is 0.229 e. The monoisotopic (exact) mass is 234 g/mol. The summed E-state index contributed by atoms with van der Waals surface area (Å²) in [6.07, 6.45) is 2.84. The van der Waals surface area contributed by atoms with Crippen LogP contribution in [0.5, 0.6) is 5.75 Å². The van der Waals surface area contributed by atoms with Crippen molar-refractivity contribution >= 4 is 11.6 Å². The van der Waals surface area contributed by atoms with Gasteiger partial charge in [0.1, 0.15) is 5.75 Å². The number of carbonyl (C=O) groups is 1. The van der Waals surface area contributed by atoms with Gasteiger partial charge in [-0.25, -0.2) is 0 Å². The molecular formula is C13H18N2O2. The molecule has 4 heteroatoms. The molecule has 2 atom stereocenters. The van der Waals surface area contributed by atoms with E-state index in [9.17, 15) is 4.79 Å². The standard InChI is InChI=1S/C13H18N2O2/c1-17-12-8-3-2-7-11(12)15-13(16)9-5-4-6-10(9)14/h2-3,7-10H,4-6,14H2,1H3,(H,15,16). The van der Waals surface area contributed by atoms with E-state index >= 15 is 0 Å². The summed E-state index contributed by atoms with van der Waals surface area (Å²) in [5.41, 5.74) is 6.62. The number of benzene rings is 1. The van der Waals surface area contributed by atoms with E-state index in [1.54, 1.807) is 7.11 Å². The summed E-state index contributed by atoms with van der Waals surface area (Å²) in [6.45, 7) is 0. The Kier molecular flexibility index (Phi) is 3.64.